The molecule has 3 heterocycles. The number of hydrogen-bond donors (Lipinski definition) is 1. The van der Waals surface area contributed by atoms with Crippen LogP contribution in [0.3, 0.4) is 0 Å². The zero-order valence-electron chi connectivity index (χ0n) is 18.2. The lowest BCUT2D eigenvalue weighted by Gasteiger charge is -2.22. The van der Waals surface area contributed by atoms with E-state index in [9.17, 15) is 13.2 Å². The van der Waals surface area contributed by atoms with Gasteiger partial charge >= 0.3 is 5.97 Å². The Morgan fingerprint density at radius 3 is 2.41 bits per heavy atom. The summed E-state index contributed by atoms with van der Waals surface area (Å²) < 4.78 is 30.0. The molecule has 0 radical (unpaired) electrons. The van der Waals surface area contributed by atoms with Crippen LogP contribution in [0.15, 0.2) is 90.3 Å². The third-order valence-electron chi connectivity index (χ3n) is 5.13. The van der Waals surface area contributed by atoms with Gasteiger partial charge in [0.15, 0.2) is 0 Å². The first-order chi connectivity index (χ1) is 16.4. The smallest absolute Gasteiger partial charge is 0.303 e. The Kier molecular flexibility index (Phi) is 7.09. The molecule has 0 saturated carbocycles. The van der Waals surface area contributed by atoms with Crippen molar-refractivity contribution in [2.45, 2.75) is 30.8 Å². The predicted molar refractivity (Wildman–Crippen MR) is 124 cm³/mol. The van der Waals surface area contributed by atoms with Crippen molar-refractivity contribution in [3.05, 3.63) is 102 Å². The molecule has 0 atom stereocenters. The lowest BCUT2D eigenvalue weighted by molar-refractivity contribution is -0.136. The van der Waals surface area contributed by atoms with Gasteiger partial charge in [-0.25, -0.2) is 13.1 Å². The summed E-state index contributed by atoms with van der Waals surface area (Å²) in [6.07, 6.45) is 6.58. The first-order valence-corrected chi connectivity index (χ1v) is 12.0. The fourth-order valence-electron chi connectivity index (χ4n) is 3.43. The summed E-state index contributed by atoms with van der Waals surface area (Å²) in [5.41, 5.74) is 2.79. The van der Waals surface area contributed by atoms with Crippen molar-refractivity contribution in [3.63, 3.8) is 0 Å². The van der Waals surface area contributed by atoms with E-state index in [1.54, 1.807) is 35.1 Å². The molecule has 0 aliphatic heterocycles. The fourth-order valence-corrected chi connectivity index (χ4v) is 4.79. The molecule has 3 aromatic heterocycles. The summed E-state index contributed by atoms with van der Waals surface area (Å²) in [4.78, 5) is 19.4. The second kappa shape index (κ2) is 10.4. The zero-order chi connectivity index (χ0) is 24.0. The van der Waals surface area contributed by atoms with Crippen LogP contribution in [-0.2, 0) is 34.3 Å². The van der Waals surface area contributed by atoms with Gasteiger partial charge < -0.3 is 5.11 Å². The number of carboxylic acid groups (broad SMARTS) is 1. The molecule has 0 spiro atoms. The first-order valence-electron chi connectivity index (χ1n) is 10.6. The van der Waals surface area contributed by atoms with E-state index < -0.39 is 16.0 Å². The van der Waals surface area contributed by atoms with E-state index in [0.717, 1.165) is 11.3 Å². The maximum absolute atomic E-state index is 13.5. The monoisotopic (exact) mass is 477 g/mol. The van der Waals surface area contributed by atoms with Gasteiger partial charge in [-0.05, 0) is 48.0 Å². The number of nitrogens with zero attached hydrogens (tertiary/aromatic N) is 5. The molecule has 1 N–H and O–H groups in total. The Balaban J connectivity index is 1.61. The van der Waals surface area contributed by atoms with Gasteiger partial charge in [-0.1, -0.05) is 18.2 Å². The number of carbonyl (C=O) groups is 1. The standard InChI is InChI=1S/C24H23N5O4S/c30-24(31)12-9-20-4-1-5-21(27-20)18-28(34(32,33)23-6-2-13-25-16-23)17-19-7-10-22(11-8-19)29-15-3-14-26-29/h1-8,10-11,13-16H,9,12,17-18H2,(H,30,31). The van der Waals surface area contributed by atoms with Crippen LogP contribution >= 0.6 is 0 Å². The number of hydrogen-bond acceptors (Lipinski definition) is 6. The van der Waals surface area contributed by atoms with Crippen LogP contribution in [0.25, 0.3) is 5.69 Å². The lowest BCUT2D eigenvalue weighted by Crippen LogP contribution is -2.30. The molecule has 0 aliphatic rings. The number of sulfonamides is 1. The van der Waals surface area contributed by atoms with E-state index in [2.05, 4.69) is 15.1 Å². The number of aryl methyl sites for hydroxylation is 1. The van der Waals surface area contributed by atoms with Crippen molar-refractivity contribution < 1.29 is 18.3 Å². The molecule has 9 nitrogen and oxygen atoms in total. The Hall–Kier alpha value is -3.89. The van der Waals surface area contributed by atoms with Crippen LogP contribution < -0.4 is 0 Å². The summed E-state index contributed by atoms with van der Waals surface area (Å²) in [5, 5.41) is 13.1. The van der Waals surface area contributed by atoms with E-state index in [0.29, 0.717) is 11.4 Å². The van der Waals surface area contributed by atoms with E-state index in [1.807, 2.05) is 36.5 Å². The largest absolute Gasteiger partial charge is 0.481 e. The van der Waals surface area contributed by atoms with Crippen LogP contribution in [-0.4, -0.2) is 43.5 Å². The summed E-state index contributed by atoms with van der Waals surface area (Å²) in [6.45, 7) is 0.149. The number of pyridine rings is 2. The molecule has 0 aliphatic carbocycles. The molecule has 0 amide bonds. The van der Waals surface area contributed by atoms with E-state index >= 15 is 0 Å². The molecule has 34 heavy (non-hydrogen) atoms. The minimum absolute atomic E-state index is 0.0268. The van der Waals surface area contributed by atoms with Crippen molar-refractivity contribution in [3.8, 4) is 5.69 Å². The molecule has 4 rings (SSSR count). The van der Waals surface area contributed by atoms with Gasteiger partial charge in [0, 0.05) is 43.4 Å². The molecule has 0 unspecified atom stereocenters. The van der Waals surface area contributed by atoms with Crippen molar-refractivity contribution in [1.29, 1.82) is 0 Å². The van der Waals surface area contributed by atoms with E-state index in [1.165, 1.54) is 22.8 Å². The Labute approximate surface area is 197 Å². The molecule has 1 aromatic carbocycles. The van der Waals surface area contributed by atoms with Gasteiger partial charge in [0.2, 0.25) is 10.0 Å². The summed E-state index contributed by atoms with van der Waals surface area (Å²) >= 11 is 0. The number of aromatic nitrogens is 4. The van der Waals surface area contributed by atoms with Gasteiger partial charge in [-0.3, -0.25) is 14.8 Å². The average Bonchev–Trinajstić information content (AvgIpc) is 3.39. The number of carboxylic acids is 1. The third kappa shape index (κ3) is 5.72. The highest BCUT2D eigenvalue weighted by Crippen LogP contribution is 2.21. The third-order valence-corrected chi connectivity index (χ3v) is 6.91. The second-order valence-electron chi connectivity index (χ2n) is 7.59. The quantitative estimate of drug-likeness (QED) is 0.373. The van der Waals surface area contributed by atoms with Crippen LogP contribution in [0.4, 0.5) is 0 Å². The highest BCUT2D eigenvalue weighted by atomic mass is 32.2. The van der Waals surface area contributed by atoms with Gasteiger partial charge in [-0.15, -0.1) is 0 Å². The van der Waals surface area contributed by atoms with Crippen LogP contribution in [0.2, 0.25) is 0 Å². The topological polar surface area (TPSA) is 118 Å². The number of benzene rings is 1. The SMILES string of the molecule is O=C(O)CCc1cccc(CN(Cc2ccc(-n3cccn3)cc2)S(=O)(=O)c2cccnc2)n1. The Bertz CT molecular complexity index is 1340. The maximum atomic E-state index is 13.5. The van der Waals surface area contributed by atoms with Gasteiger partial charge in [-0.2, -0.15) is 9.40 Å². The minimum Gasteiger partial charge on any atom is -0.481 e. The zero-order valence-corrected chi connectivity index (χ0v) is 19.0. The second-order valence-corrected chi connectivity index (χ2v) is 9.53. The molecular formula is C24H23N5O4S. The van der Waals surface area contributed by atoms with Crippen LogP contribution in [0.1, 0.15) is 23.4 Å². The van der Waals surface area contributed by atoms with Crippen molar-refractivity contribution >= 4 is 16.0 Å². The van der Waals surface area contributed by atoms with Gasteiger partial charge in [0.1, 0.15) is 4.90 Å². The van der Waals surface area contributed by atoms with E-state index in [4.69, 9.17) is 5.11 Å². The molecule has 0 saturated heterocycles. The lowest BCUT2D eigenvalue weighted by atomic mass is 10.2. The predicted octanol–water partition coefficient (Wildman–Crippen LogP) is 3.07. The highest BCUT2D eigenvalue weighted by molar-refractivity contribution is 7.89. The fraction of sp³-hybridized carbons (Fsp3) is 0.167. The summed E-state index contributed by atoms with van der Waals surface area (Å²) in [5.74, 6) is -0.911. The minimum atomic E-state index is -3.87. The Morgan fingerprint density at radius 2 is 1.74 bits per heavy atom. The summed E-state index contributed by atoms with van der Waals surface area (Å²) in [7, 11) is -3.87. The number of rotatable bonds is 10. The van der Waals surface area contributed by atoms with Crippen LogP contribution in [0.5, 0.6) is 0 Å². The van der Waals surface area contributed by atoms with Gasteiger partial charge in [0.05, 0.1) is 24.3 Å². The summed E-state index contributed by atoms with van der Waals surface area (Å²) in [6, 6.07) is 17.6. The highest BCUT2D eigenvalue weighted by Gasteiger charge is 2.26. The van der Waals surface area contributed by atoms with Crippen molar-refractivity contribution in [1.82, 2.24) is 24.1 Å². The molecule has 0 bridgehead atoms. The maximum Gasteiger partial charge on any atom is 0.303 e. The van der Waals surface area contributed by atoms with Crippen molar-refractivity contribution in [2.24, 2.45) is 0 Å². The molecule has 0 fully saturated rings. The first kappa shape index (κ1) is 23.3. The van der Waals surface area contributed by atoms with Crippen LogP contribution in [0, 0.1) is 0 Å². The Morgan fingerprint density at radius 1 is 0.941 bits per heavy atom. The molecule has 4 aromatic rings. The molecular weight excluding hydrogens is 454 g/mol. The normalized spacial score (nSPS) is 11.6. The van der Waals surface area contributed by atoms with Crippen molar-refractivity contribution in [2.75, 3.05) is 0 Å². The number of aliphatic carboxylic acids is 1. The molecule has 174 valence electrons. The van der Waals surface area contributed by atoms with E-state index in [-0.39, 0.29) is 30.8 Å². The molecule has 10 heteroatoms. The average molecular weight is 478 g/mol. The van der Waals surface area contributed by atoms with Gasteiger partial charge in [0.25, 0.3) is 0 Å².